The Labute approximate surface area is 176 Å². The fourth-order valence-electron chi connectivity index (χ4n) is 4.60. The predicted octanol–water partition coefficient (Wildman–Crippen LogP) is 3.25. The fraction of sp³-hybridized carbons (Fsp3) is 0.273. The first-order valence-electron chi connectivity index (χ1n) is 9.78. The molecule has 1 unspecified atom stereocenters. The van der Waals surface area contributed by atoms with Gasteiger partial charge in [-0.05, 0) is 55.3 Å². The SMILES string of the molecule is Cc1cc(C)cc(-c2c3c(=O)[nH]c(=O)n(C)c3c3n2CCNC3c2ccc(Cl)o2)c1. The van der Waals surface area contributed by atoms with Crippen LogP contribution in [0.1, 0.15) is 28.6 Å². The minimum Gasteiger partial charge on any atom is -0.448 e. The van der Waals surface area contributed by atoms with Crippen molar-refractivity contribution in [1.29, 1.82) is 0 Å². The molecule has 1 aliphatic rings. The highest BCUT2D eigenvalue weighted by molar-refractivity contribution is 6.28. The molecule has 30 heavy (non-hydrogen) atoms. The first kappa shape index (κ1) is 19.0. The van der Waals surface area contributed by atoms with Crippen LogP contribution in [0.4, 0.5) is 0 Å². The Balaban J connectivity index is 1.94. The van der Waals surface area contributed by atoms with Crippen LogP contribution in [0.5, 0.6) is 0 Å². The van der Waals surface area contributed by atoms with E-state index in [2.05, 4.69) is 33.1 Å². The number of furan rings is 1. The first-order valence-corrected chi connectivity index (χ1v) is 10.2. The zero-order chi connectivity index (χ0) is 21.2. The molecule has 0 aliphatic carbocycles. The van der Waals surface area contributed by atoms with Crippen LogP contribution in [-0.4, -0.2) is 20.7 Å². The van der Waals surface area contributed by atoms with Crippen LogP contribution < -0.4 is 16.6 Å². The quantitative estimate of drug-likeness (QED) is 0.517. The molecule has 4 heterocycles. The molecule has 5 rings (SSSR count). The lowest BCUT2D eigenvalue weighted by Gasteiger charge is -2.27. The van der Waals surface area contributed by atoms with Crippen molar-refractivity contribution >= 4 is 22.5 Å². The van der Waals surface area contributed by atoms with Gasteiger partial charge in [0.25, 0.3) is 5.56 Å². The largest absolute Gasteiger partial charge is 0.448 e. The van der Waals surface area contributed by atoms with E-state index in [1.54, 1.807) is 13.1 Å². The summed E-state index contributed by atoms with van der Waals surface area (Å²) in [4.78, 5) is 28.0. The maximum atomic E-state index is 13.0. The minimum absolute atomic E-state index is 0.293. The lowest BCUT2D eigenvalue weighted by molar-refractivity contribution is 0.399. The molecule has 154 valence electrons. The number of aromatic nitrogens is 3. The van der Waals surface area contributed by atoms with E-state index in [9.17, 15) is 9.59 Å². The van der Waals surface area contributed by atoms with Crippen LogP contribution >= 0.6 is 11.6 Å². The van der Waals surface area contributed by atoms with Crippen molar-refractivity contribution in [2.75, 3.05) is 6.54 Å². The van der Waals surface area contributed by atoms with Crippen LogP contribution in [0.15, 0.2) is 44.3 Å². The van der Waals surface area contributed by atoms with Gasteiger partial charge in [-0.15, -0.1) is 0 Å². The van der Waals surface area contributed by atoms with Gasteiger partial charge in [0.1, 0.15) is 11.8 Å². The highest BCUT2D eigenvalue weighted by Crippen LogP contribution is 2.39. The molecule has 1 atom stereocenters. The lowest BCUT2D eigenvalue weighted by atomic mass is 10.0. The van der Waals surface area contributed by atoms with Crippen molar-refractivity contribution in [2.45, 2.75) is 26.4 Å². The number of H-pyrrole nitrogens is 1. The Hall–Kier alpha value is -3.03. The second kappa shape index (κ2) is 6.75. The second-order valence-electron chi connectivity index (χ2n) is 7.83. The summed E-state index contributed by atoms with van der Waals surface area (Å²) in [5.74, 6) is 0.639. The van der Waals surface area contributed by atoms with E-state index >= 15 is 0 Å². The normalized spacial score (nSPS) is 16.2. The van der Waals surface area contributed by atoms with Crippen LogP contribution in [0.3, 0.4) is 0 Å². The first-order chi connectivity index (χ1) is 14.3. The number of hydrogen-bond donors (Lipinski definition) is 2. The second-order valence-corrected chi connectivity index (χ2v) is 8.21. The highest BCUT2D eigenvalue weighted by atomic mass is 35.5. The molecule has 7 nitrogen and oxygen atoms in total. The average molecular weight is 425 g/mol. The molecule has 2 N–H and O–H groups in total. The summed E-state index contributed by atoms with van der Waals surface area (Å²) in [5, 5.41) is 4.25. The average Bonchev–Trinajstić information content (AvgIpc) is 3.27. The van der Waals surface area contributed by atoms with E-state index in [1.165, 1.54) is 4.57 Å². The van der Waals surface area contributed by atoms with Crippen LogP contribution in [0.2, 0.25) is 5.22 Å². The molecule has 0 spiro atoms. The van der Waals surface area contributed by atoms with Crippen molar-refractivity contribution in [3.05, 3.63) is 79.0 Å². The standard InChI is InChI=1S/C22H21ClN4O3/c1-11-8-12(2)10-13(9-11)18-16-19(26(3)22(29)25-21(16)28)20-17(24-6-7-27(18)20)14-4-5-15(23)30-14/h4-5,8-10,17,24H,6-7H2,1-3H3,(H,25,28,29). The van der Waals surface area contributed by atoms with Crippen molar-refractivity contribution in [1.82, 2.24) is 19.4 Å². The zero-order valence-electron chi connectivity index (χ0n) is 16.9. The molecule has 8 heteroatoms. The Morgan fingerprint density at radius 3 is 2.53 bits per heavy atom. The summed E-state index contributed by atoms with van der Waals surface area (Å²) in [5.41, 5.74) is 4.56. The van der Waals surface area contributed by atoms with E-state index in [4.69, 9.17) is 16.0 Å². The number of benzene rings is 1. The van der Waals surface area contributed by atoms with Crippen molar-refractivity contribution in [2.24, 2.45) is 7.05 Å². The summed E-state index contributed by atoms with van der Waals surface area (Å²) < 4.78 is 9.33. The van der Waals surface area contributed by atoms with Crippen molar-refractivity contribution in [3.8, 4) is 11.3 Å². The lowest BCUT2D eigenvalue weighted by Crippen LogP contribution is -2.35. The molecule has 0 radical (unpaired) electrons. The number of halogens is 1. The van der Waals surface area contributed by atoms with Crippen LogP contribution in [0, 0.1) is 13.8 Å². The fourth-order valence-corrected chi connectivity index (χ4v) is 4.75. The number of hydrogen-bond acceptors (Lipinski definition) is 4. The highest BCUT2D eigenvalue weighted by Gasteiger charge is 2.33. The van der Waals surface area contributed by atoms with E-state index < -0.39 is 5.69 Å². The molecule has 4 aromatic rings. The third kappa shape index (κ3) is 2.77. The van der Waals surface area contributed by atoms with E-state index in [1.807, 2.05) is 19.9 Å². The van der Waals surface area contributed by atoms with Gasteiger partial charge in [0.2, 0.25) is 0 Å². The molecule has 0 amide bonds. The molecule has 1 aromatic carbocycles. The number of aryl methyl sites for hydroxylation is 3. The number of aromatic amines is 1. The Bertz CT molecular complexity index is 1400. The molecular weight excluding hydrogens is 404 g/mol. The summed E-state index contributed by atoms with van der Waals surface area (Å²) in [6.45, 7) is 5.41. The third-order valence-electron chi connectivity index (χ3n) is 5.70. The summed E-state index contributed by atoms with van der Waals surface area (Å²) in [6, 6.07) is 9.41. The van der Waals surface area contributed by atoms with E-state index in [0.717, 1.165) is 28.1 Å². The van der Waals surface area contributed by atoms with Gasteiger partial charge in [-0.3, -0.25) is 14.3 Å². The molecule has 0 bridgehead atoms. The van der Waals surface area contributed by atoms with Gasteiger partial charge in [0.15, 0.2) is 5.22 Å². The molecule has 1 aliphatic heterocycles. The number of nitrogens with one attached hydrogen (secondary N) is 2. The Morgan fingerprint density at radius 1 is 1.13 bits per heavy atom. The van der Waals surface area contributed by atoms with Crippen LogP contribution in [0.25, 0.3) is 22.2 Å². The number of nitrogens with zero attached hydrogens (tertiary/aromatic N) is 2. The van der Waals surface area contributed by atoms with Gasteiger partial charge < -0.3 is 14.3 Å². The monoisotopic (exact) mass is 424 g/mol. The predicted molar refractivity (Wildman–Crippen MR) is 116 cm³/mol. The van der Waals surface area contributed by atoms with Crippen molar-refractivity contribution < 1.29 is 4.42 Å². The van der Waals surface area contributed by atoms with E-state index in [-0.39, 0.29) is 11.6 Å². The molecule has 0 fully saturated rings. The van der Waals surface area contributed by atoms with Crippen molar-refractivity contribution in [3.63, 3.8) is 0 Å². The summed E-state index contributed by atoms with van der Waals surface area (Å²) in [6.07, 6.45) is 0. The van der Waals surface area contributed by atoms with Gasteiger partial charge in [-0.2, -0.15) is 0 Å². The summed E-state index contributed by atoms with van der Waals surface area (Å²) >= 11 is 6.03. The maximum Gasteiger partial charge on any atom is 0.328 e. The Morgan fingerprint density at radius 2 is 1.87 bits per heavy atom. The molecule has 3 aromatic heterocycles. The molecule has 0 saturated heterocycles. The smallest absolute Gasteiger partial charge is 0.328 e. The summed E-state index contributed by atoms with van der Waals surface area (Å²) in [7, 11) is 1.67. The topological polar surface area (TPSA) is 85.0 Å². The van der Waals surface area contributed by atoms with Gasteiger partial charge in [-0.25, -0.2) is 4.79 Å². The zero-order valence-corrected chi connectivity index (χ0v) is 17.6. The van der Waals surface area contributed by atoms with E-state index in [0.29, 0.717) is 35.0 Å². The molecule has 0 saturated carbocycles. The maximum absolute atomic E-state index is 13.0. The molecular formula is C22H21ClN4O3. The van der Waals surface area contributed by atoms with Gasteiger partial charge >= 0.3 is 5.69 Å². The van der Waals surface area contributed by atoms with Gasteiger partial charge in [0.05, 0.1) is 22.3 Å². The van der Waals surface area contributed by atoms with Gasteiger partial charge in [-0.1, -0.05) is 17.2 Å². The third-order valence-corrected chi connectivity index (χ3v) is 5.90. The minimum atomic E-state index is -0.449. The Kier molecular flexibility index (Phi) is 4.27. The number of fused-ring (bicyclic) bond motifs is 3. The van der Waals surface area contributed by atoms with Crippen LogP contribution in [-0.2, 0) is 13.6 Å². The van der Waals surface area contributed by atoms with Gasteiger partial charge in [0, 0.05) is 20.1 Å². The number of rotatable bonds is 2.